The Balaban J connectivity index is -0.000000180. The van der Waals surface area contributed by atoms with Crippen molar-refractivity contribution >= 4 is 5.97 Å². The fourth-order valence-electron chi connectivity index (χ4n) is 0.207. The van der Waals surface area contributed by atoms with Crippen molar-refractivity contribution in [2.75, 3.05) is 13.2 Å². The second-order valence-corrected chi connectivity index (χ2v) is 0.963. The van der Waals surface area contributed by atoms with Gasteiger partial charge in [0, 0.05) is 0 Å². The Kier molecular flexibility index (Phi) is 10.5. The van der Waals surface area contributed by atoms with Crippen LogP contribution in [-0.4, -0.2) is 24.3 Å². The minimum Gasteiger partial charge on any atom is -1.00 e. The van der Waals surface area contributed by atoms with E-state index in [2.05, 4.69) is 4.74 Å². The first-order valence-corrected chi connectivity index (χ1v) is 2.07. The maximum Gasteiger partial charge on any atom is 1.00 e. The Morgan fingerprint density at radius 1 is 1.88 bits per heavy atom. The number of ether oxygens (including phenoxy) is 1. The third-order valence-electron chi connectivity index (χ3n) is 0.434. The fraction of sp³-hybridized carbons (Fsp3) is 0.750. The largest absolute Gasteiger partial charge is 1.00 e. The quantitative estimate of drug-likeness (QED) is 0.312. The molecular weight excluding hydrogens is 119 g/mol. The molecule has 0 fully saturated rings. The van der Waals surface area contributed by atoms with Gasteiger partial charge in [-0.15, -0.1) is 0 Å². The van der Waals surface area contributed by atoms with E-state index in [4.69, 9.17) is 5.11 Å². The summed E-state index contributed by atoms with van der Waals surface area (Å²) in [6.07, 6.45) is 0. The zero-order chi connectivity index (χ0) is 5.70. The molecule has 0 bridgehead atoms. The van der Waals surface area contributed by atoms with Crippen LogP contribution >= 0.6 is 0 Å². The maximum absolute atomic E-state index is 9.94. The number of esters is 1. The third-order valence-corrected chi connectivity index (χ3v) is 0.434. The molecule has 0 aliphatic rings. The van der Waals surface area contributed by atoms with Gasteiger partial charge in [-0.3, -0.25) is 0 Å². The predicted molar refractivity (Wildman–Crippen MR) is 24.8 cm³/mol. The first kappa shape index (κ1) is 11.3. The van der Waals surface area contributed by atoms with Crippen molar-refractivity contribution in [1.82, 2.24) is 0 Å². The van der Waals surface area contributed by atoms with E-state index in [0.29, 0.717) is 6.61 Å². The van der Waals surface area contributed by atoms with Gasteiger partial charge < -0.3 is 11.3 Å². The molecule has 0 spiro atoms. The van der Waals surface area contributed by atoms with Crippen LogP contribution in [0.5, 0.6) is 0 Å². The zero-order valence-electron chi connectivity index (χ0n) is 6.18. The second-order valence-electron chi connectivity index (χ2n) is 0.963. The molecule has 0 saturated heterocycles. The average Bonchev–Trinajstić information content (AvgIpc) is 1.68. The summed E-state index contributed by atoms with van der Waals surface area (Å²) >= 11 is 0. The third kappa shape index (κ3) is 6.43. The molecule has 44 valence electrons. The van der Waals surface area contributed by atoms with Crippen LogP contribution in [0.2, 0.25) is 0 Å². The van der Waals surface area contributed by atoms with E-state index >= 15 is 0 Å². The molecule has 0 radical (unpaired) electrons. The first-order chi connectivity index (χ1) is 3.31. The van der Waals surface area contributed by atoms with E-state index in [0.717, 1.165) is 0 Å². The summed E-state index contributed by atoms with van der Waals surface area (Å²) in [5.74, 6) is -0.567. The molecule has 0 heterocycles. The topological polar surface area (TPSA) is 46.5 Å². The van der Waals surface area contributed by atoms with E-state index in [9.17, 15) is 4.79 Å². The molecule has 0 aliphatic heterocycles. The number of carbonyl (C=O) groups excluding carboxylic acids is 1. The Morgan fingerprint density at radius 2 is 2.38 bits per heavy atom. The molecule has 0 aromatic heterocycles. The Bertz CT molecular complexity index is 68.8. The van der Waals surface area contributed by atoms with Crippen LogP contribution in [-0.2, 0) is 9.53 Å². The maximum atomic E-state index is 9.94. The molecule has 1 N–H and O–H groups in total. The van der Waals surface area contributed by atoms with Crippen LogP contribution < -0.4 is 29.6 Å². The summed E-state index contributed by atoms with van der Waals surface area (Å²) in [6.45, 7) is 1.50. The standard InChI is InChI=1S/C4H8O3.Na.H/c1-2-7-4(6)3-5;;/h5H,2-3H2,1H3;;/q;+1;-1. The van der Waals surface area contributed by atoms with Crippen LogP contribution in [0, 0.1) is 0 Å². The molecule has 0 rings (SSSR count). The second kappa shape index (κ2) is 7.43. The molecule has 0 unspecified atom stereocenters. The number of aliphatic hydroxyl groups excluding tert-OH is 1. The van der Waals surface area contributed by atoms with Crippen molar-refractivity contribution in [2.24, 2.45) is 0 Å². The molecule has 3 nitrogen and oxygen atoms in total. The number of hydrogen-bond acceptors (Lipinski definition) is 3. The normalized spacial score (nSPS) is 7.25. The summed E-state index contributed by atoms with van der Waals surface area (Å²) in [5.41, 5.74) is 0. The van der Waals surface area contributed by atoms with Crippen LogP contribution in [0.4, 0.5) is 0 Å². The first-order valence-electron chi connectivity index (χ1n) is 2.07. The smallest absolute Gasteiger partial charge is 1.00 e. The van der Waals surface area contributed by atoms with Crippen molar-refractivity contribution in [3.05, 3.63) is 0 Å². The van der Waals surface area contributed by atoms with E-state index < -0.39 is 12.6 Å². The van der Waals surface area contributed by atoms with Crippen molar-refractivity contribution in [1.29, 1.82) is 0 Å². The number of carbonyl (C=O) groups is 1. The monoisotopic (exact) mass is 128 g/mol. The zero-order valence-corrected chi connectivity index (χ0v) is 7.18. The summed E-state index contributed by atoms with van der Waals surface area (Å²) < 4.78 is 4.30. The Hall–Kier alpha value is 0.430. The fourth-order valence-corrected chi connectivity index (χ4v) is 0.207. The van der Waals surface area contributed by atoms with Gasteiger partial charge in [-0.25, -0.2) is 4.79 Å². The van der Waals surface area contributed by atoms with E-state index in [1.54, 1.807) is 6.92 Å². The Labute approximate surface area is 71.8 Å². The van der Waals surface area contributed by atoms with Crippen LogP contribution in [0.1, 0.15) is 8.35 Å². The van der Waals surface area contributed by atoms with Gasteiger partial charge in [0.25, 0.3) is 0 Å². The van der Waals surface area contributed by atoms with Gasteiger partial charge in [-0.2, -0.15) is 0 Å². The van der Waals surface area contributed by atoms with Crippen LogP contribution in [0.3, 0.4) is 0 Å². The van der Waals surface area contributed by atoms with Crippen LogP contribution in [0.25, 0.3) is 0 Å². The predicted octanol–water partition coefficient (Wildman–Crippen LogP) is -3.34. The Morgan fingerprint density at radius 3 is 2.50 bits per heavy atom. The summed E-state index contributed by atoms with van der Waals surface area (Å²) in [4.78, 5) is 9.94. The summed E-state index contributed by atoms with van der Waals surface area (Å²) in [7, 11) is 0. The van der Waals surface area contributed by atoms with Gasteiger partial charge in [0.2, 0.25) is 0 Å². The van der Waals surface area contributed by atoms with Crippen molar-refractivity contribution in [2.45, 2.75) is 6.92 Å². The van der Waals surface area contributed by atoms with Gasteiger partial charge in [0.15, 0.2) is 0 Å². The molecule has 0 amide bonds. The molecule has 0 aromatic carbocycles. The SMILES string of the molecule is CCOC(=O)CO.[H-].[Na+]. The molecule has 0 aromatic rings. The van der Waals surface area contributed by atoms with Crippen molar-refractivity contribution in [3.63, 3.8) is 0 Å². The molecule has 0 aliphatic carbocycles. The molecule has 0 saturated carbocycles. The molecular formula is C4H9NaO3. The number of rotatable bonds is 2. The van der Waals surface area contributed by atoms with Crippen molar-refractivity contribution in [3.8, 4) is 0 Å². The summed E-state index contributed by atoms with van der Waals surface area (Å²) in [6, 6.07) is 0. The molecule has 4 heteroatoms. The van der Waals surface area contributed by atoms with Gasteiger partial charge in [0.05, 0.1) is 6.61 Å². The van der Waals surface area contributed by atoms with Crippen LogP contribution in [0.15, 0.2) is 0 Å². The number of hydrogen-bond donors (Lipinski definition) is 1. The minimum atomic E-state index is -0.567. The molecule has 0 atom stereocenters. The number of aliphatic hydroxyl groups is 1. The minimum absolute atomic E-state index is 0. The van der Waals surface area contributed by atoms with Gasteiger partial charge in [-0.1, -0.05) is 0 Å². The van der Waals surface area contributed by atoms with E-state index in [1.807, 2.05) is 0 Å². The summed E-state index contributed by atoms with van der Waals surface area (Å²) in [5, 5.41) is 7.99. The van der Waals surface area contributed by atoms with Gasteiger partial charge in [-0.05, 0) is 6.92 Å². The average molecular weight is 128 g/mol. The van der Waals surface area contributed by atoms with Crippen molar-refractivity contribution < 1.29 is 45.6 Å². The van der Waals surface area contributed by atoms with Gasteiger partial charge in [0.1, 0.15) is 6.61 Å². The van der Waals surface area contributed by atoms with E-state index in [1.165, 1.54) is 0 Å². The van der Waals surface area contributed by atoms with E-state index in [-0.39, 0.29) is 31.0 Å². The van der Waals surface area contributed by atoms with Gasteiger partial charge >= 0.3 is 35.5 Å². The molecule has 8 heavy (non-hydrogen) atoms.